The Bertz CT molecular complexity index is 194. The molecule has 0 heterocycles. The van der Waals surface area contributed by atoms with Crippen molar-refractivity contribution in [1.29, 1.82) is 0 Å². The maximum atomic E-state index is 4.49. The zero-order valence-electron chi connectivity index (χ0n) is 5.94. The Labute approximate surface area is 82.6 Å². The third-order valence-corrected chi connectivity index (χ3v) is 1.11. The molecule has 0 saturated heterocycles. The van der Waals surface area contributed by atoms with E-state index in [2.05, 4.69) is 34.6 Å². The molecule has 0 fully saturated rings. The monoisotopic (exact) mass is 258 g/mol. The molecule has 62 valence electrons. The summed E-state index contributed by atoms with van der Waals surface area (Å²) in [7, 11) is 4.49. The van der Waals surface area contributed by atoms with Crippen LogP contribution < -0.4 is 0 Å². The van der Waals surface area contributed by atoms with E-state index >= 15 is 0 Å². The first kappa shape index (κ1) is 10.8. The number of allylic oxidation sites excluding steroid dienone is 1. The van der Waals surface area contributed by atoms with Crippen molar-refractivity contribution >= 4 is 15.6 Å². The topological polar surface area (TPSA) is 0 Å². The van der Waals surface area contributed by atoms with Crippen molar-refractivity contribution in [1.82, 2.24) is 0 Å². The first-order valence-electron chi connectivity index (χ1n) is 3.06. The van der Waals surface area contributed by atoms with Crippen LogP contribution in [0.25, 0.3) is 6.08 Å². The summed E-state index contributed by atoms with van der Waals surface area (Å²) in [5, 5.41) is 0. The van der Waals surface area contributed by atoms with Crippen molar-refractivity contribution < 1.29 is 18.2 Å². The summed E-state index contributed by atoms with van der Waals surface area (Å²) in [6.07, 6.45) is 3.76. The summed E-state index contributed by atoms with van der Waals surface area (Å²) in [4.78, 5) is 0. The quantitative estimate of drug-likeness (QED) is 0.536. The molecule has 0 nitrogen and oxygen atoms in total. The maximum absolute atomic E-state index is 4.49. The summed E-state index contributed by atoms with van der Waals surface area (Å²) >= 11 is 2.22. The summed E-state index contributed by atoms with van der Waals surface area (Å²) < 4.78 is 0. The van der Waals surface area contributed by atoms with E-state index in [0.29, 0.717) is 0 Å². The van der Waals surface area contributed by atoms with Gasteiger partial charge in [0.05, 0.1) is 0 Å². The van der Waals surface area contributed by atoms with Crippen LogP contribution in [-0.4, -0.2) is 0 Å². The molecule has 2 heteroatoms. The van der Waals surface area contributed by atoms with Crippen LogP contribution in [0.3, 0.4) is 0 Å². The second-order valence-corrected chi connectivity index (χ2v) is 1.81. The van der Waals surface area contributed by atoms with Gasteiger partial charge in [0, 0.05) is 0 Å². The van der Waals surface area contributed by atoms with Gasteiger partial charge in [0.2, 0.25) is 0 Å². The standard InChI is InChI=1S/C9H9.ClH.Pd/c1-2-6-9-7-4-3-5-8-9;;/h2-8H,1H2;1H;/q-1;;+2/p-1/b6-2+;;. The van der Waals surface area contributed by atoms with Gasteiger partial charge >= 0.3 is 27.7 Å². The molecule has 0 aliphatic rings. The first-order chi connectivity index (χ1) is 5.43. The molecule has 0 spiro atoms. The Kier molecular flexibility index (Phi) is 7.73. The zero-order chi connectivity index (χ0) is 8.53. The van der Waals surface area contributed by atoms with Gasteiger partial charge in [-0.15, -0.1) is 5.56 Å². The van der Waals surface area contributed by atoms with Crippen molar-refractivity contribution in [2.75, 3.05) is 0 Å². The molecule has 0 bridgehead atoms. The molecule has 11 heavy (non-hydrogen) atoms. The molecule has 0 aromatic heterocycles. The van der Waals surface area contributed by atoms with Gasteiger partial charge in [-0.25, -0.2) is 19.1 Å². The predicted octanol–water partition coefficient (Wildman–Crippen LogP) is 3.22. The van der Waals surface area contributed by atoms with Crippen molar-refractivity contribution in [2.24, 2.45) is 0 Å². The minimum absolute atomic E-state index is 1.20. The molecule has 1 aromatic carbocycles. The van der Waals surface area contributed by atoms with Crippen molar-refractivity contribution in [3.63, 3.8) is 0 Å². The molecule has 0 aliphatic heterocycles. The van der Waals surface area contributed by atoms with E-state index in [1.54, 1.807) is 6.08 Å². The van der Waals surface area contributed by atoms with E-state index in [4.69, 9.17) is 0 Å². The molecule has 0 aliphatic carbocycles. The zero-order valence-corrected chi connectivity index (χ0v) is 8.25. The van der Waals surface area contributed by atoms with Crippen LogP contribution in [0.1, 0.15) is 5.56 Å². The normalized spacial score (nSPS) is 9.00. The van der Waals surface area contributed by atoms with Gasteiger partial charge in [-0.05, 0) is 0 Å². The Balaban J connectivity index is 0.000000461. The van der Waals surface area contributed by atoms with Gasteiger partial charge in [0.15, 0.2) is 0 Å². The fourth-order valence-corrected chi connectivity index (χ4v) is 0.700. The van der Waals surface area contributed by atoms with E-state index in [9.17, 15) is 0 Å². The molecule has 0 radical (unpaired) electrons. The minimum atomic E-state index is 1.20. The van der Waals surface area contributed by atoms with E-state index in [0.717, 1.165) is 0 Å². The Morgan fingerprint density at radius 1 is 1.18 bits per heavy atom. The number of rotatable bonds is 1. The molecule has 0 amide bonds. The van der Waals surface area contributed by atoms with Gasteiger partial charge in [-0.1, -0.05) is 30.3 Å². The van der Waals surface area contributed by atoms with Crippen molar-refractivity contribution in [3.05, 3.63) is 48.9 Å². The van der Waals surface area contributed by atoms with Crippen LogP contribution in [0.5, 0.6) is 0 Å². The average Bonchev–Trinajstić information content (AvgIpc) is 2.11. The SMILES string of the molecule is [CH2-]/C=C/c1ccccc1.[Cl][Pd+]. The van der Waals surface area contributed by atoms with Gasteiger partial charge in [0.25, 0.3) is 0 Å². The Hall–Kier alpha value is -0.218. The van der Waals surface area contributed by atoms with E-state index < -0.39 is 0 Å². The molecular formula is C9H9ClPd. The van der Waals surface area contributed by atoms with E-state index in [1.807, 2.05) is 36.4 Å². The van der Waals surface area contributed by atoms with Crippen LogP contribution in [0.15, 0.2) is 36.4 Å². The third kappa shape index (κ3) is 5.10. The predicted molar refractivity (Wildman–Crippen MR) is 46.7 cm³/mol. The number of benzene rings is 1. The van der Waals surface area contributed by atoms with Crippen LogP contribution in [0, 0.1) is 6.92 Å². The summed E-state index contributed by atoms with van der Waals surface area (Å²) in [5.41, 5.74) is 1.20. The number of hydrogen-bond donors (Lipinski definition) is 0. The Morgan fingerprint density at radius 2 is 1.73 bits per heavy atom. The molecule has 0 saturated carbocycles. The van der Waals surface area contributed by atoms with Gasteiger partial charge in [-0.3, -0.25) is 0 Å². The summed E-state index contributed by atoms with van der Waals surface area (Å²) in [5.74, 6) is 0. The van der Waals surface area contributed by atoms with Crippen LogP contribution in [0.2, 0.25) is 0 Å². The summed E-state index contributed by atoms with van der Waals surface area (Å²) in [6, 6.07) is 10.1. The molecule has 0 unspecified atom stereocenters. The molecule has 0 N–H and O–H groups in total. The molecule has 1 aromatic rings. The third-order valence-electron chi connectivity index (χ3n) is 1.11. The van der Waals surface area contributed by atoms with Crippen LogP contribution in [-0.2, 0) is 18.2 Å². The van der Waals surface area contributed by atoms with E-state index in [-0.39, 0.29) is 0 Å². The summed E-state index contributed by atoms with van der Waals surface area (Å²) in [6.45, 7) is 3.60. The fraction of sp³-hybridized carbons (Fsp3) is 0. The molecule has 1 rings (SSSR count). The van der Waals surface area contributed by atoms with Crippen LogP contribution >= 0.6 is 9.53 Å². The fourth-order valence-electron chi connectivity index (χ4n) is 0.700. The van der Waals surface area contributed by atoms with Gasteiger partial charge in [0.1, 0.15) is 0 Å². The Morgan fingerprint density at radius 3 is 2.18 bits per heavy atom. The second-order valence-electron chi connectivity index (χ2n) is 1.81. The van der Waals surface area contributed by atoms with Gasteiger partial charge < -0.3 is 0 Å². The van der Waals surface area contributed by atoms with Crippen molar-refractivity contribution in [2.45, 2.75) is 0 Å². The average molecular weight is 259 g/mol. The van der Waals surface area contributed by atoms with Crippen LogP contribution in [0.4, 0.5) is 0 Å². The first-order valence-corrected chi connectivity index (χ1v) is 5.06. The number of halogens is 1. The molecule has 0 atom stereocenters. The van der Waals surface area contributed by atoms with Crippen molar-refractivity contribution in [3.8, 4) is 0 Å². The molecular weight excluding hydrogens is 250 g/mol. The second kappa shape index (κ2) is 7.88. The van der Waals surface area contributed by atoms with E-state index in [1.165, 1.54) is 5.56 Å². The van der Waals surface area contributed by atoms with Gasteiger partial charge in [-0.2, -0.15) is 0 Å². The number of hydrogen-bond acceptors (Lipinski definition) is 0.